The number of hydrogen-bond acceptors (Lipinski definition) is 4. The SMILES string of the molecule is O=S(=O)(NCCc1ccsc1)c1ccc(Cl)s1. The average Bonchev–Trinajstić information content (AvgIpc) is 2.89. The first-order valence-electron chi connectivity index (χ1n) is 4.84. The first-order chi connectivity index (χ1) is 8.08. The monoisotopic (exact) mass is 307 g/mol. The van der Waals surface area contributed by atoms with Crippen LogP contribution in [0.3, 0.4) is 0 Å². The van der Waals surface area contributed by atoms with E-state index in [2.05, 4.69) is 4.72 Å². The van der Waals surface area contributed by atoms with Crippen molar-refractivity contribution in [2.75, 3.05) is 6.54 Å². The van der Waals surface area contributed by atoms with Crippen molar-refractivity contribution in [3.05, 3.63) is 38.9 Å². The van der Waals surface area contributed by atoms with Crippen LogP contribution in [0.2, 0.25) is 4.34 Å². The van der Waals surface area contributed by atoms with Crippen molar-refractivity contribution in [1.82, 2.24) is 4.72 Å². The molecule has 0 aliphatic rings. The zero-order chi connectivity index (χ0) is 12.3. The number of halogens is 1. The molecule has 0 spiro atoms. The third-order valence-electron chi connectivity index (χ3n) is 2.10. The van der Waals surface area contributed by atoms with Gasteiger partial charge in [0.15, 0.2) is 0 Å². The van der Waals surface area contributed by atoms with Crippen LogP contribution < -0.4 is 4.72 Å². The molecule has 2 aromatic heterocycles. The first kappa shape index (κ1) is 13.0. The van der Waals surface area contributed by atoms with E-state index in [-0.39, 0.29) is 4.21 Å². The Kier molecular flexibility index (Phi) is 4.22. The Hall–Kier alpha value is -0.400. The lowest BCUT2D eigenvalue weighted by Gasteiger charge is -2.03. The van der Waals surface area contributed by atoms with E-state index in [1.807, 2.05) is 16.8 Å². The summed E-state index contributed by atoms with van der Waals surface area (Å²) >= 11 is 8.37. The van der Waals surface area contributed by atoms with Gasteiger partial charge >= 0.3 is 0 Å². The molecule has 2 rings (SSSR count). The molecular weight excluding hydrogens is 298 g/mol. The summed E-state index contributed by atoms with van der Waals surface area (Å²) in [5.74, 6) is 0. The van der Waals surface area contributed by atoms with Gasteiger partial charge in [-0.15, -0.1) is 11.3 Å². The predicted octanol–water partition coefficient (Wildman–Crippen LogP) is 2.98. The van der Waals surface area contributed by atoms with Gasteiger partial charge in [0.1, 0.15) is 4.21 Å². The summed E-state index contributed by atoms with van der Waals surface area (Å²) in [6, 6.07) is 5.08. The molecule has 0 amide bonds. The zero-order valence-corrected chi connectivity index (χ0v) is 11.9. The summed E-state index contributed by atoms with van der Waals surface area (Å²) < 4.78 is 26.9. The Morgan fingerprint density at radius 1 is 1.29 bits per heavy atom. The fraction of sp³-hybridized carbons (Fsp3) is 0.200. The van der Waals surface area contributed by atoms with Crippen molar-refractivity contribution in [1.29, 1.82) is 0 Å². The van der Waals surface area contributed by atoms with Crippen LogP contribution in [0.5, 0.6) is 0 Å². The quantitative estimate of drug-likeness (QED) is 0.923. The normalized spacial score (nSPS) is 11.8. The largest absolute Gasteiger partial charge is 0.250 e. The van der Waals surface area contributed by atoms with Crippen LogP contribution in [0.1, 0.15) is 5.56 Å². The highest BCUT2D eigenvalue weighted by molar-refractivity contribution is 7.91. The second kappa shape index (κ2) is 5.49. The van der Waals surface area contributed by atoms with Crippen molar-refractivity contribution in [3.8, 4) is 0 Å². The summed E-state index contributed by atoms with van der Waals surface area (Å²) in [7, 11) is -3.41. The minimum absolute atomic E-state index is 0.257. The lowest BCUT2D eigenvalue weighted by molar-refractivity contribution is 0.584. The van der Waals surface area contributed by atoms with Gasteiger partial charge in [0, 0.05) is 6.54 Å². The molecule has 0 fully saturated rings. The van der Waals surface area contributed by atoms with Gasteiger partial charge in [0.2, 0.25) is 10.0 Å². The lowest BCUT2D eigenvalue weighted by atomic mass is 10.2. The van der Waals surface area contributed by atoms with E-state index in [0.29, 0.717) is 17.3 Å². The third-order valence-corrected chi connectivity index (χ3v) is 6.02. The van der Waals surface area contributed by atoms with Crippen molar-refractivity contribution >= 4 is 44.3 Å². The Bertz CT molecular complexity index is 574. The van der Waals surface area contributed by atoms with E-state index >= 15 is 0 Å². The smallest absolute Gasteiger partial charge is 0.210 e. The second-order valence-electron chi connectivity index (χ2n) is 3.34. The fourth-order valence-electron chi connectivity index (χ4n) is 1.28. The highest BCUT2D eigenvalue weighted by atomic mass is 35.5. The van der Waals surface area contributed by atoms with Crippen molar-refractivity contribution in [2.24, 2.45) is 0 Å². The summed E-state index contributed by atoms with van der Waals surface area (Å²) in [5, 5.41) is 3.99. The second-order valence-corrected chi connectivity index (χ2v) is 7.83. The van der Waals surface area contributed by atoms with Crippen molar-refractivity contribution in [2.45, 2.75) is 10.6 Å². The van der Waals surface area contributed by atoms with Gasteiger partial charge in [0.05, 0.1) is 4.34 Å². The van der Waals surface area contributed by atoms with Gasteiger partial charge in [-0.1, -0.05) is 11.6 Å². The van der Waals surface area contributed by atoms with Crippen LogP contribution in [-0.2, 0) is 16.4 Å². The summed E-state index contributed by atoms with van der Waals surface area (Å²) in [5.41, 5.74) is 1.14. The van der Waals surface area contributed by atoms with E-state index in [9.17, 15) is 8.42 Å². The maximum atomic E-state index is 11.8. The summed E-state index contributed by atoms with van der Waals surface area (Å²) in [6.07, 6.45) is 0.696. The predicted molar refractivity (Wildman–Crippen MR) is 72.5 cm³/mol. The Morgan fingerprint density at radius 2 is 2.12 bits per heavy atom. The molecule has 92 valence electrons. The number of hydrogen-bond donors (Lipinski definition) is 1. The Morgan fingerprint density at radius 3 is 2.71 bits per heavy atom. The van der Waals surface area contributed by atoms with Crippen LogP contribution in [0.15, 0.2) is 33.2 Å². The highest BCUT2D eigenvalue weighted by Crippen LogP contribution is 2.25. The topological polar surface area (TPSA) is 46.2 Å². The van der Waals surface area contributed by atoms with Gasteiger partial charge in [-0.2, -0.15) is 11.3 Å². The molecule has 0 aliphatic carbocycles. The molecule has 0 atom stereocenters. The molecule has 0 bridgehead atoms. The highest BCUT2D eigenvalue weighted by Gasteiger charge is 2.15. The van der Waals surface area contributed by atoms with Gasteiger partial charge in [-0.25, -0.2) is 13.1 Å². The van der Waals surface area contributed by atoms with Crippen LogP contribution in [0.4, 0.5) is 0 Å². The molecule has 2 heterocycles. The molecule has 1 N–H and O–H groups in total. The van der Waals surface area contributed by atoms with Crippen LogP contribution >= 0.6 is 34.3 Å². The molecule has 3 nitrogen and oxygen atoms in total. The molecule has 0 aromatic carbocycles. The number of sulfonamides is 1. The molecule has 0 saturated heterocycles. The fourth-order valence-corrected chi connectivity index (χ4v) is 4.54. The van der Waals surface area contributed by atoms with E-state index < -0.39 is 10.0 Å². The Balaban J connectivity index is 1.94. The number of nitrogens with one attached hydrogen (secondary N) is 1. The summed E-state index contributed by atoms with van der Waals surface area (Å²) in [6.45, 7) is 0.397. The van der Waals surface area contributed by atoms with E-state index in [1.54, 1.807) is 17.4 Å². The van der Waals surface area contributed by atoms with Gasteiger partial charge in [-0.05, 0) is 40.9 Å². The van der Waals surface area contributed by atoms with Crippen molar-refractivity contribution in [3.63, 3.8) is 0 Å². The van der Waals surface area contributed by atoms with E-state index in [0.717, 1.165) is 16.9 Å². The van der Waals surface area contributed by atoms with Gasteiger partial charge in [-0.3, -0.25) is 0 Å². The molecule has 0 unspecified atom stereocenters. The standard InChI is InChI=1S/C10H10ClNO2S3/c11-9-1-2-10(16-9)17(13,14)12-5-3-8-4-6-15-7-8/h1-2,4,6-7,12H,3,5H2. The average molecular weight is 308 g/mol. The van der Waals surface area contributed by atoms with E-state index in [1.165, 1.54) is 6.07 Å². The molecule has 7 heteroatoms. The minimum Gasteiger partial charge on any atom is -0.210 e. The third kappa shape index (κ3) is 3.53. The van der Waals surface area contributed by atoms with Crippen molar-refractivity contribution < 1.29 is 8.42 Å². The van der Waals surface area contributed by atoms with Crippen LogP contribution in [0.25, 0.3) is 0 Å². The number of thiophene rings is 2. The molecule has 0 saturated carbocycles. The zero-order valence-electron chi connectivity index (χ0n) is 8.72. The maximum absolute atomic E-state index is 11.8. The molecule has 17 heavy (non-hydrogen) atoms. The van der Waals surface area contributed by atoms with Gasteiger partial charge in [0.25, 0.3) is 0 Å². The lowest BCUT2D eigenvalue weighted by Crippen LogP contribution is -2.25. The van der Waals surface area contributed by atoms with Gasteiger partial charge < -0.3 is 0 Å². The van der Waals surface area contributed by atoms with E-state index in [4.69, 9.17) is 11.6 Å². The van der Waals surface area contributed by atoms with Crippen LogP contribution in [-0.4, -0.2) is 15.0 Å². The number of rotatable bonds is 5. The Labute approximate surface area is 113 Å². The summed E-state index contributed by atoms with van der Waals surface area (Å²) in [4.78, 5) is 0. The molecule has 0 radical (unpaired) electrons. The molecular formula is C10H10ClNO2S3. The minimum atomic E-state index is -3.41. The maximum Gasteiger partial charge on any atom is 0.250 e. The molecule has 2 aromatic rings. The first-order valence-corrected chi connectivity index (χ1v) is 8.46. The van der Waals surface area contributed by atoms with Crippen LogP contribution in [0, 0.1) is 0 Å². The molecule has 0 aliphatic heterocycles.